The number of benzene rings is 5. The standard InChI is InChI=1S/C36H22N6/c1-3-10-23(11-4-1)33-38-34(24-12-5-2-6-13-24)40-35(39-33)25-14-7-15-26(22-25)42-29-18-8-16-27-31(29)32-28(17-9-19-30(32)42)41-21-20-37-36(27)41/h1-22H. The summed E-state index contributed by atoms with van der Waals surface area (Å²) in [6, 6.07) is 41.6. The normalized spacial score (nSPS) is 11.8. The molecule has 9 rings (SSSR count). The maximum absolute atomic E-state index is 4.96. The van der Waals surface area contributed by atoms with Gasteiger partial charge in [-0.25, -0.2) is 19.9 Å². The maximum atomic E-state index is 4.96. The molecule has 196 valence electrons. The van der Waals surface area contributed by atoms with E-state index in [1.165, 1.54) is 10.8 Å². The van der Waals surface area contributed by atoms with Crippen LogP contribution in [0.4, 0.5) is 0 Å². The second-order valence-electron chi connectivity index (χ2n) is 10.4. The van der Waals surface area contributed by atoms with E-state index in [1.54, 1.807) is 0 Å². The molecule has 9 aromatic rings. The molecule has 0 radical (unpaired) electrons. The van der Waals surface area contributed by atoms with Gasteiger partial charge in [-0.05, 0) is 30.3 Å². The molecule has 0 atom stereocenters. The molecular formula is C36H22N6. The van der Waals surface area contributed by atoms with E-state index in [2.05, 4.69) is 69.6 Å². The van der Waals surface area contributed by atoms with Crippen LogP contribution in [-0.4, -0.2) is 28.9 Å². The van der Waals surface area contributed by atoms with Gasteiger partial charge in [-0.1, -0.05) is 91.0 Å². The van der Waals surface area contributed by atoms with Crippen LogP contribution in [0.3, 0.4) is 0 Å². The molecule has 5 aromatic carbocycles. The van der Waals surface area contributed by atoms with E-state index in [1.807, 2.05) is 73.1 Å². The number of pyridine rings is 1. The van der Waals surface area contributed by atoms with E-state index in [0.717, 1.165) is 50.0 Å². The Balaban J connectivity index is 1.29. The Labute approximate surface area is 240 Å². The summed E-state index contributed by atoms with van der Waals surface area (Å²) in [5, 5.41) is 3.61. The first-order valence-electron chi connectivity index (χ1n) is 13.9. The lowest BCUT2D eigenvalue weighted by Crippen LogP contribution is -2.01. The van der Waals surface area contributed by atoms with Crippen LogP contribution in [0.15, 0.2) is 134 Å². The quantitative estimate of drug-likeness (QED) is 0.212. The minimum absolute atomic E-state index is 0.635. The van der Waals surface area contributed by atoms with E-state index >= 15 is 0 Å². The van der Waals surface area contributed by atoms with Crippen LogP contribution in [0.25, 0.3) is 78.2 Å². The molecule has 0 unspecified atom stereocenters. The van der Waals surface area contributed by atoms with Crippen LogP contribution >= 0.6 is 0 Å². The van der Waals surface area contributed by atoms with Gasteiger partial charge in [-0.2, -0.15) is 0 Å². The topological polar surface area (TPSA) is 60.9 Å². The number of imidazole rings is 1. The van der Waals surface area contributed by atoms with Crippen molar-refractivity contribution >= 4 is 38.4 Å². The zero-order chi connectivity index (χ0) is 27.6. The van der Waals surface area contributed by atoms with E-state index < -0.39 is 0 Å². The summed E-state index contributed by atoms with van der Waals surface area (Å²) < 4.78 is 4.52. The SMILES string of the molecule is c1ccc(-c2nc(-c3ccccc3)nc(-c3cccc(-n4c5cccc6c5c5c4cccc5n4ccnc64)c3)n2)cc1. The summed E-state index contributed by atoms with van der Waals surface area (Å²) >= 11 is 0. The summed E-state index contributed by atoms with van der Waals surface area (Å²) in [5.41, 5.74) is 8.29. The molecule has 0 fully saturated rings. The van der Waals surface area contributed by atoms with Gasteiger partial charge < -0.3 is 4.57 Å². The highest BCUT2D eigenvalue weighted by molar-refractivity contribution is 6.26. The first kappa shape index (κ1) is 22.9. The molecule has 0 aliphatic heterocycles. The molecule has 0 aliphatic carbocycles. The number of rotatable bonds is 4. The highest BCUT2D eigenvalue weighted by Crippen LogP contribution is 2.40. The minimum Gasteiger partial charge on any atom is -0.309 e. The average Bonchev–Trinajstić information content (AvgIpc) is 3.69. The van der Waals surface area contributed by atoms with Gasteiger partial charge in [-0.3, -0.25) is 4.40 Å². The zero-order valence-corrected chi connectivity index (χ0v) is 22.4. The summed E-state index contributed by atoms with van der Waals surface area (Å²) in [6.07, 6.45) is 3.91. The number of hydrogen-bond acceptors (Lipinski definition) is 4. The van der Waals surface area contributed by atoms with Crippen molar-refractivity contribution in [2.24, 2.45) is 0 Å². The molecule has 0 N–H and O–H groups in total. The van der Waals surface area contributed by atoms with Crippen molar-refractivity contribution in [3.05, 3.63) is 134 Å². The van der Waals surface area contributed by atoms with Crippen molar-refractivity contribution in [2.45, 2.75) is 0 Å². The van der Waals surface area contributed by atoms with Gasteiger partial charge in [0.05, 0.1) is 16.6 Å². The fourth-order valence-electron chi connectivity index (χ4n) is 6.17. The lowest BCUT2D eigenvalue weighted by Gasteiger charge is -2.11. The van der Waals surface area contributed by atoms with Crippen molar-refractivity contribution < 1.29 is 0 Å². The summed E-state index contributed by atoms with van der Waals surface area (Å²) in [4.78, 5) is 19.5. The van der Waals surface area contributed by atoms with Gasteiger partial charge >= 0.3 is 0 Å². The fourth-order valence-corrected chi connectivity index (χ4v) is 6.17. The number of fused-ring (bicyclic) bond motifs is 3. The molecule has 0 aliphatic rings. The molecule has 6 nitrogen and oxygen atoms in total. The van der Waals surface area contributed by atoms with E-state index in [9.17, 15) is 0 Å². The van der Waals surface area contributed by atoms with Crippen LogP contribution in [-0.2, 0) is 0 Å². The van der Waals surface area contributed by atoms with Crippen LogP contribution in [0.5, 0.6) is 0 Å². The number of nitrogens with zero attached hydrogens (tertiary/aromatic N) is 6. The van der Waals surface area contributed by atoms with Gasteiger partial charge in [0.1, 0.15) is 5.65 Å². The Kier molecular flexibility index (Phi) is 4.80. The molecule has 4 aromatic heterocycles. The second kappa shape index (κ2) is 8.81. The van der Waals surface area contributed by atoms with E-state index in [4.69, 9.17) is 19.9 Å². The fraction of sp³-hybridized carbons (Fsp3) is 0. The van der Waals surface area contributed by atoms with Gasteiger partial charge in [0.25, 0.3) is 0 Å². The van der Waals surface area contributed by atoms with Crippen molar-refractivity contribution in [2.75, 3.05) is 0 Å². The van der Waals surface area contributed by atoms with Gasteiger partial charge in [0, 0.05) is 50.9 Å². The maximum Gasteiger partial charge on any atom is 0.164 e. The Morgan fingerprint density at radius 3 is 1.76 bits per heavy atom. The third-order valence-corrected chi connectivity index (χ3v) is 8.00. The Hall–Kier alpha value is -5.88. The second-order valence-corrected chi connectivity index (χ2v) is 10.4. The number of aromatic nitrogens is 6. The highest BCUT2D eigenvalue weighted by Gasteiger charge is 2.20. The lowest BCUT2D eigenvalue weighted by atomic mass is 10.1. The third kappa shape index (κ3) is 3.32. The van der Waals surface area contributed by atoms with E-state index in [0.29, 0.717) is 17.5 Å². The van der Waals surface area contributed by atoms with Crippen LogP contribution in [0.2, 0.25) is 0 Å². The molecule has 0 bridgehead atoms. The van der Waals surface area contributed by atoms with Crippen molar-refractivity contribution in [1.82, 2.24) is 28.9 Å². The first-order valence-corrected chi connectivity index (χ1v) is 13.9. The van der Waals surface area contributed by atoms with Crippen LogP contribution in [0, 0.1) is 0 Å². The molecule has 0 saturated carbocycles. The average molecular weight is 539 g/mol. The highest BCUT2D eigenvalue weighted by atomic mass is 15.0. The zero-order valence-electron chi connectivity index (χ0n) is 22.4. The Morgan fingerprint density at radius 2 is 1.05 bits per heavy atom. The predicted molar refractivity (Wildman–Crippen MR) is 168 cm³/mol. The first-order chi connectivity index (χ1) is 20.8. The van der Waals surface area contributed by atoms with Crippen molar-refractivity contribution in [1.29, 1.82) is 0 Å². The molecule has 6 heteroatoms. The van der Waals surface area contributed by atoms with Crippen molar-refractivity contribution in [3.63, 3.8) is 0 Å². The molecule has 42 heavy (non-hydrogen) atoms. The van der Waals surface area contributed by atoms with Crippen molar-refractivity contribution in [3.8, 4) is 39.9 Å². The van der Waals surface area contributed by atoms with Gasteiger partial charge in [-0.15, -0.1) is 0 Å². The van der Waals surface area contributed by atoms with Crippen LogP contribution in [0.1, 0.15) is 0 Å². The number of hydrogen-bond donors (Lipinski definition) is 0. The predicted octanol–water partition coefficient (Wildman–Crippen LogP) is 8.21. The molecule has 0 spiro atoms. The van der Waals surface area contributed by atoms with Crippen LogP contribution < -0.4 is 0 Å². The summed E-state index contributed by atoms with van der Waals surface area (Å²) in [6.45, 7) is 0. The lowest BCUT2D eigenvalue weighted by molar-refractivity contribution is 1.07. The largest absolute Gasteiger partial charge is 0.309 e. The van der Waals surface area contributed by atoms with Gasteiger partial charge in [0.2, 0.25) is 0 Å². The Bertz CT molecular complexity index is 2260. The molecule has 0 saturated heterocycles. The summed E-state index contributed by atoms with van der Waals surface area (Å²) in [7, 11) is 0. The minimum atomic E-state index is 0.635. The summed E-state index contributed by atoms with van der Waals surface area (Å²) in [5.74, 6) is 1.93. The molecule has 0 amide bonds. The third-order valence-electron chi connectivity index (χ3n) is 8.00. The van der Waals surface area contributed by atoms with E-state index in [-0.39, 0.29) is 0 Å². The Morgan fingerprint density at radius 1 is 0.476 bits per heavy atom. The monoisotopic (exact) mass is 538 g/mol. The molecular weight excluding hydrogens is 516 g/mol. The smallest absolute Gasteiger partial charge is 0.164 e. The van der Waals surface area contributed by atoms with Gasteiger partial charge in [0.15, 0.2) is 17.5 Å². The molecule has 4 heterocycles.